The van der Waals surface area contributed by atoms with E-state index in [2.05, 4.69) is 4.72 Å². The fraction of sp³-hybridized carbons (Fsp3) is 0.471. The van der Waals surface area contributed by atoms with Gasteiger partial charge < -0.3 is 14.4 Å². The Morgan fingerprint density at radius 3 is 2.48 bits per heavy atom. The summed E-state index contributed by atoms with van der Waals surface area (Å²) >= 11 is 0. The number of amides is 1. The Hall–Kier alpha value is -2.06. The van der Waals surface area contributed by atoms with Crippen molar-refractivity contribution >= 4 is 22.0 Å². The van der Waals surface area contributed by atoms with Gasteiger partial charge in [-0.2, -0.15) is 0 Å². The first-order chi connectivity index (χ1) is 11.8. The van der Waals surface area contributed by atoms with E-state index in [0.29, 0.717) is 37.4 Å². The molecular formula is C17H24N2O5S. The van der Waals surface area contributed by atoms with Crippen LogP contribution < -0.4 is 14.2 Å². The number of nitrogens with one attached hydrogen (secondary N) is 1. The summed E-state index contributed by atoms with van der Waals surface area (Å²) in [4.78, 5) is 14.1. The Morgan fingerprint density at radius 1 is 1.24 bits per heavy atom. The second kappa shape index (κ2) is 8.35. The zero-order valence-corrected chi connectivity index (χ0v) is 15.5. The van der Waals surface area contributed by atoms with E-state index in [0.717, 1.165) is 11.8 Å². The van der Waals surface area contributed by atoms with Crippen LogP contribution in [0.15, 0.2) is 24.3 Å². The number of hydrogen-bond acceptors (Lipinski definition) is 5. The number of nitrogens with zero attached hydrogens (tertiary/aromatic N) is 1. The molecule has 7 nitrogen and oxygen atoms in total. The second-order valence-electron chi connectivity index (χ2n) is 5.93. The van der Waals surface area contributed by atoms with Crippen LogP contribution in [0.5, 0.6) is 11.5 Å². The number of carbonyl (C=O) groups is 1. The smallest absolute Gasteiger partial charge is 0.246 e. The summed E-state index contributed by atoms with van der Waals surface area (Å²) in [5.74, 6) is 1.23. The average Bonchev–Trinajstić information content (AvgIpc) is 2.58. The molecule has 1 amide bonds. The number of hydrogen-bond donors (Lipinski definition) is 1. The van der Waals surface area contributed by atoms with Crippen molar-refractivity contribution in [3.63, 3.8) is 0 Å². The Balaban J connectivity index is 1.98. The SMILES string of the molecule is COc1ccc(OC)c(/C=C/C(=O)N2CCC(NS(C)(=O)=O)CC2)c1. The molecular weight excluding hydrogens is 344 g/mol. The van der Waals surface area contributed by atoms with Crippen LogP contribution in [-0.2, 0) is 14.8 Å². The fourth-order valence-electron chi connectivity index (χ4n) is 2.76. The van der Waals surface area contributed by atoms with Crippen LogP contribution in [0.4, 0.5) is 0 Å². The zero-order chi connectivity index (χ0) is 18.4. The second-order valence-corrected chi connectivity index (χ2v) is 7.71. The van der Waals surface area contributed by atoms with Gasteiger partial charge in [0.05, 0.1) is 20.5 Å². The standard InChI is InChI=1S/C17H24N2O5S/c1-23-15-5-6-16(24-2)13(12-15)4-7-17(20)19-10-8-14(9-11-19)18-25(3,21)22/h4-7,12,14,18H,8-11H2,1-3H3/b7-4+. The van der Waals surface area contributed by atoms with Crippen LogP contribution in [0.1, 0.15) is 18.4 Å². The van der Waals surface area contributed by atoms with E-state index in [1.807, 2.05) is 0 Å². The summed E-state index contributed by atoms with van der Waals surface area (Å²) in [6, 6.07) is 5.26. The van der Waals surface area contributed by atoms with Crippen LogP contribution in [0.25, 0.3) is 6.08 Å². The van der Waals surface area contributed by atoms with E-state index in [1.54, 1.807) is 43.4 Å². The number of benzene rings is 1. The van der Waals surface area contributed by atoms with E-state index in [-0.39, 0.29) is 11.9 Å². The Kier molecular flexibility index (Phi) is 6.44. The van der Waals surface area contributed by atoms with Gasteiger partial charge in [0.1, 0.15) is 11.5 Å². The highest BCUT2D eigenvalue weighted by molar-refractivity contribution is 7.88. The van der Waals surface area contributed by atoms with Crippen molar-refractivity contribution in [2.45, 2.75) is 18.9 Å². The van der Waals surface area contributed by atoms with E-state index in [9.17, 15) is 13.2 Å². The van der Waals surface area contributed by atoms with Gasteiger partial charge in [0, 0.05) is 30.8 Å². The highest BCUT2D eigenvalue weighted by Gasteiger charge is 2.23. The maximum absolute atomic E-state index is 12.3. The molecule has 0 bridgehead atoms. The summed E-state index contributed by atoms with van der Waals surface area (Å²) < 4.78 is 35.6. The number of ether oxygens (including phenoxy) is 2. The molecule has 1 fully saturated rings. The summed E-state index contributed by atoms with van der Waals surface area (Å²) in [5.41, 5.74) is 0.754. The van der Waals surface area contributed by atoms with Crippen LogP contribution >= 0.6 is 0 Å². The quantitative estimate of drug-likeness (QED) is 0.764. The topological polar surface area (TPSA) is 84.9 Å². The lowest BCUT2D eigenvalue weighted by Gasteiger charge is -2.31. The number of methoxy groups -OCH3 is 2. The maximum atomic E-state index is 12.3. The predicted octanol–water partition coefficient (Wildman–Crippen LogP) is 1.26. The molecule has 0 saturated carbocycles. The molecule has 0 unspecified atom stereocenters. The van der Waals surface area contributed by atoms with Gasteiger partial charge in [0.25, 0.3) is 0 Å². The first kappa shape index (κ1) is 19.3. The summed E-state index contributed by atoms with van der Waals surface area (Å²) in [6.07, 6.45) is 5.56. The summed E-state index contributed by atoms with van der Waals surface area (Å²) in [6.45, 7) is 1.04. The molecule has 0 aromatic heterocycles. The molecule has 1 aliphatic heterocycles. The van der Waals surface area contributed by atoms with Gasteiger partial charge in [-0.3, -0.25) is 4.79 Å². The van der Waals surface area contributed by atoms with Gasteiger partial charge in [-0.1, -0.05) is 0 Å². The van der Waals surface area contributed by atoms with E-state index in [4.69, 9.17) is 9.47 Å². The number of sulfonamides is 1. The number of likely N-dealkylation sites (tertiary alicyclic amines) is 1. The molecule has 0 aliphatic carbocycles. The lowest BCUT2D eigenvalue weighted by atomic mass is 10.1. The van der Waals surface area contributed by atoms with Crippen molar-refractivity contribution in [3.8, 4) is 11.5 Å². The van der Waals surface area contributed by atoms with Crippen LogP contribution in [0, 0.1) is 0 Å². The summed E-state index contributed by atoms with van der Waals surface area (Å²) in [5, 5.41) is 0. The van der Waals surface area contributed by atoms with Crippen molar-refractivity contribution < 1.29 is 22.7 Å². The van der Waals surface area contributed by atoms with Gasteiger partial charge in [-0.25, -0.2) is 13.1 Å². The van der Waals surface area contributed by atoms with E-state index in [1.165, 1.54) is 6.08 Å². The molecule has 1 aliphatic rings. The molecule has 1 aromatic carbocycles. The first-order valence-corrected chi connectivity index (χ1v) is 9.88. The first-order valence-electron chi connectivity index (χ1n) is 7.98. The molecule has 1 saturated heterocycles. The minimum atomic E-state index is -3.22. The average molecular weight is 368 g/mol. The van der Waals surface area contributed by atoms with Crippen molar-refractivity contribution in [1.82, 2.24) is 9.62 Å². The number of carbonyl (C=O) groups excluding carboxylic acids is 1. The van der Waals surface area contributed by atoms with Crippen LogP contribution in [-0.4, -0.2) is 58.8 Å². The van der Waals surface area contributed by atoms with Gasteiger partial charge >= 0.3 is 0 Å². The van der Waals surface area contributed by atoms with Crippen LogP contribution in [0.2, 0.25) is 0 Å². The Labute approximate surface area is 148 Å². The number of rotatable bonds is 6. The molecule has 0 spiro atoms. The van der Waals surface area contributed by atoms with Gasteiger partial charge in [0.15, 0.2) is 0 Å². The molecule has 25 heavy (non-hydrogen) atoms. The zero-order valence-electron chi connectivity index (χ0n) is 14.7. The lowest BCUT2D eigenvalue weighted by molar-refractivity contribution is -0.126. The highest BCUT2D eigenvalue weighted by atomic mass is 32.2. The van der Waals surface area contributed by atoms with Gasteiger partial charge in [0.2, 0.25) is 15.9 Å². The summed E-state index contributed by atoms with van der Waals surface area (Å²) in [7, 11) is -0.0668. The third-order valence-electron chi connectivity index (χ3n) is 4.03. The molecule has 1 heterocycles. The monoisotopic (exact) mass is 368 g/mol. The molecule has 0 radical (unpaired) electrons. The lowest BCUT2D eigenvalue weighted by Crippen LogP contribution is -2.45. The Morgan fingerprint density at radius 2 is 1.92 bits per heavy atom. The largest absolute Gasteiger partial charge is 0.497 e. The predicted molar refractivity (Wildman–Crippen MR) is 96.2 cm³/mol. The normalized spacial score (nSPS) is 16.2. The maximum Gasteiger partial charge on any atom is 0.246 e. The molecule has 138 valence electrons. The van der Waals surface area contributed by atoms with Gasteiger partial charge in [-0.05, 0) is 37.1 Å². The highest BCUT2D eigenvalue weighted by Crippen LogP contribution is 2.25. The molecule has 0 atom stereocenters. The number of piperidine rings is 1. The van der Waals surface area contributed by atoms with Crippen LogP contribution in [0.3, 0.4) is 0 Å². The van der Waals surface area contributed by atoms with Crippen molar-refractivity contribution in [1.29, 1.82) is 0 Å². The van der Waals surface area contributed by atoms with E-state index >= 15 is 0 Å². The van der Waals surface area contributed by atoms with Crippen molar-refractivity contribution in [2.75, 3.05) is 33.6 Å². The minimum Gasteiger partial charge on any atom is -0.497 e. The minimum absolute atomic E-state index is 0.109. The van der Waals surface area contributed by atoms with Crippen molar-refractivity contribution in [3.05, 3.63) is 29.8 Å². The Bertz CT molecular complexity index is 737. The third kappa shape index (κ3) is 5.75. The molecule has 1 N–H and O–H groups in total. The molecule has 1 aromatic rings. The molecule has 8 heteroatoms. The molecule has 2 rings (SSSR count). The van der Waals surface area contributed by atoms with Gasteiger partial charge in [-0.15, -0.1) is 0 Å². The van der Waals surface area contributed by atoms with Crippen molar-refractivity contribution in [2.24, 2.45) is 0 Å². The third-order valence-corrected chi connectivity index (χ3v) is 4.79. The fourth-order valence-corrected chi connectivity index (χ4v) is 3.60. The van der Waals surface area contributed by atoms with E-state index < -0.39 is 10.0 Å².